The molecular weight excluding hydrogens is 464 g/mol. The monoisotopic (exact) mass is 512 g/mol. The second kappa shape index (κ2) is 9.09. The minimum absolute atomic E-state index is 0.0284. The number of Topliss-reactive ketones (excluding diaryl/α,β-unsaturated/α-hetero) is 1. The maximum atomic E-state index is 14.2. The Balaban J connectivity index is 1.56. The average Bonchev–Trinajstić information content (AvgIpc) is 3.08. The third-order valence-electron chi connectivity index (χ3n) is 10.8. The maximum Gasteiger partial charge on any atom is 0.192 e. The first-order valence-electron chi connectivity index (χ1n) is 13.7. The molecule has 0 saturated heterocycles. The molecule has 0 aromatic heterocycles. The van der Waals surface area contributed by atoms with Crippen molar-refractivity contribution in [2.24, 2.45) is 28.6 Å². The van der Waals surface area contributed by atoms with Crippen molar-refractivity contribution in [1.29, 1.82) is 0 Å². The highest BCUT2D eigenvalue weighted by atomic mass is 28.4. The SMILES string of the molecule is C=C[C@@H]1C[C@H](OCc2ccc(OC)cc2)C[C@]12C(=O)C[C@@H]1C(C)(C)[C@]1(O[Si](C)(C)C(C)(C)C)C[C@H]2C. The molecule has 200 valence electrons. The Hall–Kier alpha value is -1.43. The van der Waals surface area contributed by atoms with Crippen LogP contribution in [0.4, 0.5) is 0 Å². The number of allylic oxidation sites excluding steroid dienone is 1. The lowest BCUT2D eigenvalue weighted by molar-refractivity contribution is -0.134. The first-order valence-corrected chi connectivity index (χ1v) is 16.7. The highest BCUT2D eigenvalue weighted by Crippen LogP contribution is 2.73. The van der Waals surface area contributed by atoms with Gasteiger partial charge in [-0.25, -0.2) is 0 Å². The first-order chi connectivity index (χ1) is 16.6. The summed E-state index contributed by atoms with van der Waals surface area (Å²) in [4.78, 5) is 14.2. The van der Waals surface area contributed by atoms with E-state index in [4.69, 9.17) is 13.9 Å². The lowest BCUT2D eigenvalue weighted by atomic mass is 9.64. The van der Waals surface area contributed by atoms with E-state index in [1.54, 1.807) is 7.11 Å². The van der Waals surface area contributed by atoms with Crippen molar-refractivity contribution in [3.8, 4) is 5.75 Å². The van der Waals surface area contributed by atoms with Gasteiger partial charge in [0.2, 0.25) is 0 Å². The molecule has 0 amide bonds. The van der Waals surface area contributed by atoms with Gasteiger partial charge in [0.1, 0.15) is 11.5 Å². The molecule has 3 aliphatic rings. The largest absolute Gasteiger partial charge is 0.497 e. The average molecular weight is 513 g/mol. The van der Waals surface area contributed by atoms with Gasteiger partial charge in [-0.15, -0.1) is 6.58 Å². The number of hydrogen-bond acceptors (Lipinski definition) is 4. The first kappa shape index (κ1) is 27.6. The molecule has 0 heterocycles. The fourth-order valence-corrected chi connectivity index (χ4v) is 8.96. The molecule has 36 heavy (non-hydrogen) atoms. The number of hydrogen-bond donors (Lipinski definition) is 0. The third kappa shape index (κ3) is 4.23. The van der Waals surface area contributed by atoms with Crippen LogP contribution in [0.25, 0.3) is 0 Å². The van der Waals surface area contributed by atoms with Crippen molar-refractivity contribution in [1.82, 2.24) is 0 Å². The van der Waals surface area contributed by atoms with Crippen molar-refractivity contribution in [2.75, 3.05) is 7.11 Å². The Kier molecular flexibility index (Phi) is 6.97. The zero-order valence-electron chi connectivity index (χ0n) is 24.1. The van der Waals surface area contributed by atoms with E-state index in [1.165, 1.54) is 0 Å². The molecule has 1 aromatic rings. The number of rotatable bonds is 7. The molecule has 4 nitrogen and oxygen atoms in total. The highest BCUT2D eigenvalue weighted by molar-refractivity contribution is 6.74. The van der Waals surface area contributed by atoms with E-state index in [0.717, 1.165) is 30.6 Å². The van der Waals surface area contributed by atoms with Crippen LogP contribution in [0.1, 0.15) is 72.8 Å². The molecule has 3 fully saturated rings. The van der Waals surface area contributed by atoms with E-state index >= 15 is 0 Å². The van der Waals surface area contributed by atoms with Crippen LogP contribution in [-0.2, 0) is 20.6 Å². The summed E-state index contributed by atoms with van der Waals surface area (Å²) in [6.07, 6.45) is 5.29. The summed E-state index contributed by atoms with van der Waals surface area (Å²) < 4.78 is 19.0. The molecule has 0 bridgehead atoms. The van der Waals surface area contributed by atoms with Crippen LogP contribution in [0.3, 0.4) is 0 Å². The van der Waals surface area contributed by atoms with Crippen LogP contribution < -0.4 is 4.74 Å². The fourth-order valence-electron chi connectivity index (χ4n) is 7.25. The third-order valence-corrected chi connectivity index (χ3v) is 15.2. The minimum Gasteiger partial charge on any atom is -0.497 e. The zero-order chi connectivity index (χ0) is 26.7. The van der Waals surface area contributed by atoms with E-state index in [1.807, 2.05) is 30.3 Å². The van der Waals surface area contributed by atoms with Gasteiger partial charge in [-0.1, -0.05) is 59.8 Å². The molecule has 3 aliphatic carbocycles. The Morgan fingerprint density at radius 3 is 2.33 bits per heavy atom. The summed E-state index contributed by atoms with van der Waals surface area (Å²) >= 11 is 0. The van der Waals surface area contributed by atoms with Crippen molar-refractivity contribution in [3.05, 3.63) is 42.5 Å². The van der Waals surface area contributed by atoms with Gasteiger partial charge in [0.15, 0.2) is 8.32 Å². The van der Waals surface area contributed by atoms with Crippen molar-refractivity contribution >= 4 is 14.1 Å². The van der Waals surface area contributed by atoms with Crippen molar-refractivity contribution < 1.29 is 18.7 Å². The Morgan fingerprint density at radius 1 is 1.14 bits per heavy atom. The number of benzene rings is 1. The van der Waals surface area contributed by atoms with Gasteiger partial charge in [-0.3, -0.25) is 4.79 Å². The molecule has 0 aliphatic heterocycles. The van der Waals surface area contributed by atoms with Crippen molar-refractivity contribution in [3.63, 3.8) is 0 Å². The Labute approximate surface area is 220 Å². The normalized spacial score (nSPS) is 35.9. The quantitative estimate of drug-likeness (QED) is 0.279. The number of methoxy groups -OCH3 is 1. The Bertz CT molecular complexity index is 991. The van der Waals surface area contributed by atoms with Gasteiger partial charge < -0.3 is 13.9 Å². The van der Waals surface area contributed by atoms with Crippen LogP contribution in [-0.4, -0.2) is 32.9 Å². The standard InChI is InChI=1S/C31H48O4Si/c1-11-23-16-25(34-20-22-12-14-24(33-8)15-13-22)19-30(23)21(2)18-31(35-36(9,10)28(3,4)5)26(17-27(30)32)29(31,6)7/h11-15,21,23,25-26H,1,16-20H2,2-10H3/t21-,23-,25+,26-,30-,31+/m1/s1. The molecule has 0 unspecified atom stereocenters. The predicted octanol–water partition coefficient (Wildman–Crippen LogP) is 7.58. The van der Waals surface area contributed by atoms with Crippen LogP contribution in [0.2, 0.25) is 18.1 Å². The van der Waals surface area contributed by atoms with E-state index in [9.17, 15) is 4.79 Å². The van der Waals surface area contributed by atoms with Crippen LogP contribution in [0, 0.1) is 28.6 Å². The summed E-state index contributed by atoms with van der Waals surface area (Å²) in [7, 11) is -0.321. The van der Waals surface area contributed by atoms with E-state index in [-0.39, 0.29) is 39.9 Å². The highest BCUT2D eigenvalue weighted by Gasteiger charge is 2.77. The van der Waals surface area contributed by atoms with Gasteiger partial charge in [-0.2, -0.15) is 0 Å². The van der Waals surface area contributed by atoms with E-state index < -0.39 is 13.7 Å². The number of ether oxygens (including phenoxy) is 2. The fraction of sp³-hybridized carbons (Fsp3) is 0.710. The molecule has 3 saturated carbocycles. The summed E-state index contributed by atoms with van der Waals surface area (Å²) in [6.45, 7) is 23.3. The van der Waals surface area contributed by atoms with Crippen LogP contribution >= 0.6 is 0 Å². The molecule has 0 radical (unpaired) electrons. The summed E-state index contributed by atoms with van der Waals surface area (Å²) in [5, 5.41) is 0.139. The summed E-state index contributed by atoms with van der Waals surface area (Å²) in [6, 6.07) is 8.03. The molecule has 1 aromatic carbocycles. The van der Waals surface area contributed by atoms with Gasteiger partial charge in [0.25, 0.3) is 0 Å². The topological polar surface area (TPSA) is 44.8 Å². The lowest BCUT2D eigenvalue weighted by Gasteiger charge is -2.44. The van der Waals surface area contributed by atoms with Crippen molar-refractivity contribution in [2.45, 2.75) is 104 Å². The smallest absolute Gasteiger partial charge is 0.192 e. The predicted molar refractivity (Wildman–Crippen MR) is 149 cm³/mol. The van der Waals surface area contributed by atoms with E-state index in [2.05, 4.69) is 61.2 Å². The van der Waals surface area contributed by atoms with Gasteiger partial charge in [0.05, 0.1) is 25.4 Å². The molecule has 4 rings (SSSR count). The maximum absolute atomic E-state index is 14.2. The lowest BCUT2D eigenvalue weighted by Crippen LogP contribution is -2.48. The molecule has 5 heteroatoms. The number of carbonyl (C=O) groups excluding carboxylic acids is 1. The van der Waals surface area contributed by atoms with Crippen LogP contribution in [0.5, 0.6) is 5.75 Å². The minimum atomic E-state index is -2.00. The molecule has 1 spiro atoms. The summed E-state index contributed by atoms with van der Waals surface area (Å²) in [5.41, 5.74) is 0.541. The van der Waals surface area contributed by atoms with Gasteiger partial charge >= 0.3 is 0 Å². The van der Waals surface area contributed by atoms with Crippen LogP contribution in [0.15, 0.2) is 36.9 Å². The van der Waals surface area contributed by atoms with Gasteiger partial charge in [0, 0.05) is 17.8 Å². The Morgan fingerprint density at radius 2 is 1.78 bits per heavy atom. The second-order valence-corrected chi connectivity index (χ2v) is 18.6. The second-order valence-electron chi connectivity index (χ2n) is 13.9. The number of fused-ring (bicyclic) bond motifs is 1. The van der Waals surface area contributed by atoms with Gasteiger partial charge in [-0.05, 0) is 72.3 Å². The summed E-state index contributed by atoms with van der Waals surface area (Å²) in [5.74, 6) is 1.91. The molecule has 0 N–H and O–H groups in total. The number of ketones is 1. The molecular formula is C31H48O4Si. The molecule has 6 atom stereocenters. The number of carbonyl (C=O) groups is 1. The van der Waals surface area contributed by atoms with E-state index in [0.29, 0.717) is 18.8 Å². The zero-order valence-corrected chi connectivity index (χ0v) is 25.1.